The number of aromatic nitrogens is 2. The number of hydrogen-bond acceptors (Lipinski definition) is 4. The number of carboxylic acid groups (broad SMARTS) is 1. The van der Waals surface area contributed by atoms with E-state index >= 15 is 0 Å². The first kappa shape index (κ1) is 14.8. The Morgan fingerprint density at radius 2 is 1.95 bits per heavy atom. The van der Waals surface area contributed by atoms with E-state index in [1.807, 2.05) is 0 Å². The maximum atomic E-state index is 11.6. The van der Waals surface area contributed by atoms with E-state index in [1.165, 1.54) is 0 Å². The minimum atomic E-state index is -0.916. The van der Waals surface area contributed by atoms with Crippen LogP contribution in [0.5, 0.6) is 0 Å². The van der Waals surface area contributed by atoms with Crippen molar-refractivity contribution in [2.24, 2.45) is 5.41 Å². The number of aromatic carboxylic acids is 1. The number of carbonyl (C=O) groups is 1. The molecular weight excluding hydrogens is 254 g/mol. The zero-order valence-corrected chi connectivity index (χ0v) is 12.7. The van der Waals surface area contributed by atoms with Crippen LogP contribution in [0.15, 0.2) is 0 Å². The highest BCUT2D eigenvalue weighted by atomic mass is 16.4. The predicted molar refractivity (Wildman–Crippen MR) is 78.3 cm³/mol. The first-order chi connectivity index (χ1) is 9.44. The molecule has 110 valence electrons. The summed E-state index contributed by atoms with van der Waals surface area (Å²) in [4.78, 5) is 13.7. The Balaban J connectivity index is 2.40. The molecule has 1 N–H and O–H groups in total. The second kappa shape index (κ2) is 5.38. The lowest BCUT2D eigenvalue weighted by Crippen LogP contribution is -2.29. The van der Waals surface area contributed by atoms with E-state index < -0.39 is 5.97 Å². The fourth-order valence-corrected chi connectivity index (χ4v) is 3.02. The maximum Gasteiger partial charge on any atom is 0.339 e. The zero-order chi connectivity index (χ0) is 14.9. The standard InChI is InChI=1S/C15H23N3O2/c1-5-15(6-2)7-8-18(9-15)13-12(14(19)20)10(3)11(4)16-17-13/h5-9H2,1-4H3,(H,19,20). The summed E-state index contributed by atoms with van der Waals surface area (Å²) in [6.45, 7) is 9.75. The molecule has 0 spiro atoms. The van der Waals surface area contributed by atoms with E-state index in [-0.39, 0.29) is 5.41 Å². The van der Waals surface area contributed by atoms with Gasteiger partial charge in [0.25, 0.3) is 0 Å². The minimum Gasteiger partial charge on any atom is -0.478 e. The number of rotatable bonds is 4. The molecule has 2 rings (SSSR count). The van der Waals surface area contributed by atoms with Crippen LogP contribution in [-0.2, 0) is 0 Å². The van der Waals surface area contributed by atoms with Crippen molar-refractivity contribution in [2.45, 2.75) is 47.0 Å². The van der Waals surface area contributed by atoms with E-state index in [0.29, 0.717) is 22.6 Å². The quantitative estimate of drug-likeness (QED) is 0.916. The van der Waals surface area contributed by atoms with Gasteiger partial charge in [-0.25, -0.2) is 4.79 Å². The molecule has 20 heavy (non-hydrogen) atoms. The van der Waals surface area contributed by atoms with Gasteiger partial charge in [0.2, 0.25) is 0 Å². The number of anilines is 1. The molecular formula is C15H23N3O2. The Bertz CT molecular complexity index is 524. The summed E-state index contributed by atoms with van der Waals surface area (Å²) in [5.41, 5.74) is 1.99. The normalized spacial score (nSPS) is 17.5. The Labute approximate surface area is 120 Å². The molecule has 0 aliphatic carbocycles. The predicted octanol–water partition coefficient (Wildman–Crippen LogP) is 2.81. The van der Waals surface area contributed by atoms with Crippen molar-refractivity contribution in [3.05, 3.63) is 16.8 Å². The Hall–Kier alpha value is -1.65. The third-order valence-electron chi connectivity index (χ3n) is 4.89. The first-order valence-corrected chi connectivity index (χ1v) is 7.26. The van der Waals surface area contributed by atoms with Crippen molar-refractivity contribution in [3.8, 4) is 0 Å². The van der Waals surface area contributed by atoms with Gasteiger partial charge in [-0.2, -0.15) is 5.10 Å². The van der Waals surface area contributed by atoms with Gasteiger partial charge in [0.05, 0.1) is 5.69 Å². The third kappa shape index (κ3) is 2.37. The largest absolute Gasteiger partial charge is 0.478 e. The molecule has 5 heteroatoms. The highest BCUT2D eigenvalue weighted by Crippen LogP contribution is 2.39. The van der Waals surface area contributed by atoms with Gasteiger partial charge in [0.1, 0.15) is 5.56 Å². The van der Waals surface area contributed by atoms with Gasteiger partial charge in [-0.05, 0) is 44.1 Å². The van der Waals surface area contributed by atoms with Gasteiger partial charge in [-0.3, -0.25) is 0 Å². The molecule has 0 atom stereocenters. The van der Waals surface area contributed by atoms with Gasteiger partial charge in [0, 0.05) is 13.1 Å². The van der Waals surface area contributed by atoms with Gasteiger partial charge in [0.15, 0.2) is 5.82 Å². The molecule has 0 bridgehead atoms. The molecule has 0 unspecified atom stereocenters. The molecule has 0 radical (unpaired) electrons. The highest BCUT2D eigenvalue weighted by Gasteiger charge is 2.37. The maximum absolute atomic E-state index is 11.6. The van der Waals surface area contributed by atoms with Crippen LogP contribution >= 0.6 is 0 Å². The molecule has 1 aliphatic rings. The lowest BCUT2D eigenvalue weighted by Gasteiger charge is -2.27. The lowest BCUT2D eigenvalue weighted by atomic mass is 9.82. The third-order valence-corrected chi connectivity index (χ3v) is 4.89. The average molecular weight is 277 g/mol. The summed E-state index contributed by atoms with van der Waals surface area (Å²) in [5.74, 6) is -0.384. The summed E-state index contributed by atoms with van der Waals surface area (Å²) in [7, 11) is 0. The fraction of sp³-hybridized carbons (Fsp3) is 0.667. The number of hydrogen-bond donors (Lipinski definition) is 1. The van der Waals surface area contributed by atoms with Crippen LogP contribution in [0.1, 0.15) is 54.7 Å². The molecule has 1 aromatic rings. The van der Waals surface area contributed by atoms with Crippen LogP contribution in [0, 0.1) is 19.3 Å². The molecule has 1 fully saturated rings. The van der Waals surface area contributed by atoms with Crippen LogP contribution in [0.3, 0.4) is 0 Å². The van der Waals surface area contributed by atoms with Crippen molar-refractivity contribution >= 4 is 11.8 Å². The summed E-state index contributed by atoms with van der Waals surface area (Å²) < 4.78 is 0. The SMILES string of the molecule is CCC1(CC)CCN(c2nnc(C)c(C)c2C(=O)O)C1. The van der Waals surface area contributed by atoms with Crippen LogP contribution in [-0.4, -0.2) is 34.4 Å². The molecule has 1 aliphatic heterocycles. The van der Waals surface area contributed by atoms with Crippen molar-refractivity contribution in [3.63, 3.8) is 0 Å². The van der Waals surface area contributed by atoms with Crippen LogP contribution in [0.2, 0.25) is 0 Å². The van der Waals surface area contributed by atoms with Crippen LogP contribution in [0.25, 0.3) is 0 Å². The van der Waals surface area contributed by atoms with Crippen molar-refractivity contribution in [1.29, 1.82) is 0 Å². The van der Waals surface area contributed by atoms with E-state index in [2.05, 4.69) is 28.9 Å². The molecule has 2 heterocycles. The van der Waals surface area contributed by atoms with Crippen molar-refractivity contribution < 1.29 is 9.90 Å². The average Bonchev–Trinajstić information content (AvgIpc) is 2.86. The Kier molecular flexibility index (Phi) is 3.97. The van der Waals surface area contributed by atoms with E-state index in [0.717, 1.165) is 32.4 Å². The summed E-state index contributed by atoms with van der Waals surface area (Å²) in [5, 5.41) is 17.8. The number of carboxylic acids is 1. The Morgan fingerprint density at radius 3 is 2.45 bits per heavy atom. The second-order valence-electron chi connectivity index (χ2n) is 5.79. The second-order valence-corrected chi connectivity index (χ2v) is 5.79. The van der Waals surface area contributed by atoms with Crippen molar-refractivity contribution in [1.82, 2.24) is 10.2 Å². The van der Waals surface area contributed by atoms with Gasteiger partial charge in [-0.15, -0.1) is 5.10 Å². The monoisotopic (exact) mass is 277 g/mol. The smallest absolute Gasteiger partial charge is 0.339 e. The fourth-order valence-electron chi connectivity index (χ4n) is 3.02. The van der Waals surface area contributed by atoms with E-state index in [1.54, 1.807) is 13.8 Å². The lowest BCUT2D eigenvalue weighted by molar-refractivity contribution is 0.0696. The molecule has 0 aromatic carbocycles. The van der Waals surface area contributed by atoms with Gasteiger partial charge in [-0.1, -0.05) is 13.8 Å². The van der Waals surface area contributed by atoms with Crippen LogP contribution < -0.4 is 4.90 Å². The van der Waals surface area contributed by atoms with E-state index in [9.17, 15) is 9.90 Å². The van der Waals surface area contributed by atoms with Crippen LogP contribution in [0.4, 0.5) is 5.82 Å². The minimum absolute atomic E-state index is 0.288. The van der Waals surface area contributed by atoms with Gasteiger partial charge >= 0.3 is 5.97 Å². The highest BCUT2D eigenvalue weighted by molar-refractivity contribution is 5.95. The topological polar surface area (TPSA) is 66.3 Å². The Morgan fingerprint density at radius 1 is 1.30 bits per heavy atom. The number of nitrogens with zero attached hydrogens (tertiary/aromatic N) is 3. The molecule has 0 saturated carbocycles. The summed E-state index contributed by atoms with van der Waals surface area (Å²) in [6.07, 6.45) is 3.31. The molecule has 1 saturated heterocycles. The molecule has 5 nitrogen and oxygen atoms in total. The number of aryl methyl sites for hydroxylation is 1. The summed E-state index contributed by atoms with van der Waals surface area (Å²) >= 11 is 0. The summed E-state index contributed by atoms with van der Waals surface area (Å²) in [6, 6.07) is 0. The van der Waals surface area contributed by atoms with Crippen molar-refractivity contribution in [2.75, 3.05) is 18.0 Å². The molecule has 0 amide bonds. The molecule has 1 aromatic heterocycles. The van der Waals surface area contributed by atoms with E-state index in [4.69, 9.17) is 0 Å². The van der Waals surface area contributed by atoms with Gasteiger partial charge < -0.3 is 10.0 Å². The first-order valence-electron chi connectivity index (χ1n) is 7.26. The zero-order valence-electron chi connectivity index (χ0n) is 12.7.